The smallest absolute Gasteiger partial charge is 0.272 e. The van der Waals surface area contributed by atoms with Crippen LogP contribution in [0, 0.1) is 0 Å². The van der Waals surface area contributed by atoms with Gasteiger partial charge in [-0.3, -0.25) is 14.9 Å². The first-order valence-corrected chi connectivity index (χ1v) is 7.63. The van der Waals surface area contributed by atoms with E-state index in [2.05, 4.69) is 27.3 Å². The zero-order valence-corrected chi connectivity index (χ0v) is 12.6. The summed E-state index contributed by atoms with van der Waals surface area (Å²) in [5, 5.41) is 7.09. The van der Waals surface area contributed by atoms with E-state index in [0.29, 0.717) is 12.2 Å². The highest BCUT2D eigenvalue weighted by molar-refractivity contribution is 5.93. The topological polar surface area (TPSA) is 61.9 Å². The van der Waals surface area contributed by atoms with Crippen LogP contribution in [0.2, 0.25) is 0 Å². The normalized spacial score (nSPS) is 13.7. The van der Waals surface area contributed by atoms with Gasteiger partial charge in [-0.1, -0.05) is 24.3 Å². The van der Waals surface area contributed by atoms with Gasteiger partial charge in [-0.05, 0) is 35.7 Å². The molecule has 5 heteroatoms. The molecule has 0 atom stereocenters. The van der Waals surface area contributed by atoms with E-state index in [0.717, 1.165) is 24.2 Å². The van der Waals surface area contributed by atoms with Gasteiger partial charge in [-0.15, -0.1) is 0 Å². The molecule has 4 rings (SSSR count). The van der Waals surface area contributed by atoms with Gasteiger partial charge in [0.05, 0.1) is 5.69 Å². The standard InChI is InChI=1S/C18H16N4O/c23-18(22-9-7-13-4-1-2-5-15(13)12-22)17-10-16(20-21-17)14-6-3-8-19-11-14/h1-6,8,10-11H,7,9,12H2,(H,20,21). The van der Waals surface area contributed by atoms with Gasteiger partial charge in [-0.2, -0.15) is 5.10 Å². The molecule has 1 amide bonds. The van der Waals surface area contributed by atoms with Crippen LogP contribution in [0.15, 0.2) is 54.9 Å². The number of pyridine rings is 1. The van der Waals surface area contributed by atoms with Crippen LogP contribution < -0.4 is 0 Å². The third-order valence-electron chi connectivity index (χ3n) is 4.18. The minimum atomic E-state index is -0.0119. The lowest BCUT2D eigenvalue weighted by Crippen LogP contribution is -2.36. The number of fused-ring (bicyclic) bond motifs is 1. The summed E-state index contributed by atoms with van der Waals surface area (Å²) in [6, 6.07) is 13.9. The molecule has 5 nitrogen and oxygen atoms in total. The molecule has 1 N–H and O–H groups in total. The molecular formula is C18H16N4O. The summed E-state index contributed by atoms with van der Waals surface area (Å²) in [7, 11) is 0. The van der Waals surface area contributed by atoms with Crippen molar-refractivity contribution in [2.45, 2.75) is 13.0 Å². The van der Waals surface area contributed by atoms with Gasteiger partial charge in [0, 0.05) is 31.0 Å². The maximum atomic E-state index is 12.7. The predicted molar refractivity (Wildman–Crippen MR) is 86.7 cm³/mol. The number of benzene rings is 1. The van der Waals surface area contributed by atoms with Crippen LogP contribution >= 0.6 is 0 Å². The lowest BCUT2D eigenvalue weighted by molar-refractivity contribution is 0.0728. The van der Waals surface area contributed by atoms with E-state index < -0.39 is 0 Å². The number of rotatable bonds is 2. The lowest BCUT2D eigenvalue weighted by Gasteiger charge is -2.28. The third kappa shape index (κ3) is 2.61. The Balaban J connectivity index is 1.55. The van der Waals surface area contributed by atoms with Crippen molar-refractivity contribution < 1.29 is 4.79 Å². The van der Waals surface area contributed by atoms with Crippen LogP contribution in [-0.2, 0) is 13.0 Å². The molecule has 0 aliphatic carbocycles. The average Bonchev–Trinajstić information content (AvgIpc) is 3.11. The van der Waals surface area contributed by atoms with Crippen LogP contribution in [-0.4, -0.2) is 32.5 Å². The monoisotopic (exact) mass is 304 g/mol. The summed E-state index contributed by atoms with van der Waals surface area (Å²) in [4.78, 5) is 18.6. The van der Waals surface area contributed by atoms with Gasteiger partial charge in [-0.25, -0.2) is 0 Å². The van der Waals surface area contributed by atoms with Gasteiger partial charge < -0.3 is 4.90 Å². The molecule has 114 valence electrons. The fourth-order valence-electron chi connectivity index (χ4n) is 2.93. The predicted octanol–water partition coefficient (Wildman–Crippen LogP) is 2.67. The number of aromatic nitrogens is 3. The summed E-state index contributed by atoms with van der Waals surface area (Å²) in [6.07, 6.45) is 4.35. The Morgan fingerprint density at radius 1 is 1.13 bits per heavy atom. The lowest BCUT2D eigenvalue weighted by atomic mass is 10.00. The second-order valence-electron chi connectivity index (χ2n) is 5.65. The van der Waals surface area contributed by atoms with Gasteiger partial charge in [0.15, 0.2) is 0 Å². The molecule has 0 unspecified atom stereocenters. The first-order chi connectivity index (χ1) is 11.3. The molecule has 1 aromatic carbocycles. The molecule has 3 aromatic rings. The van der Waals surface area contributed by atoms with Crippen molar-refractivity contribution >= 4 is 5.91 Å². The number of hydrogen-bond donors (Lipinski definition) is 1. The van der Waals surface area contributed by atoms with E-state index in [1.165, 1.54) is 11.1 Å². The summed E-state index contributed by atoms with van der Waals surface area (Å²) in [6.45, 7) is 1.38. The van der Waals surface area contributed by atoms with E-state index in [1.54, 1.807) is 18.5 Å². The molecule has 0 saturated carbocycles. The van der Waals surface area contributed by atoms with E-state index >= 15 is 0 Å². The Morgan fingerprint density at radius 3 is 2.83 bits per heavy atom. The average molecular weight is 304 g/mol. The molecule has 0 radical (unpaired) electrons. The highest BCUT2D eigenvalue weighted by Gasteiger charge is 2.23. The van der Waals surface area contributed by atoms with Gasteiger partial charge in [0.2, 0.25) is 0 Å². The van der Waals surface area contributed by atoms with Gasteiger partial charge in [0.1, 0.15) is 5.69 Å². The Kier molecular flexibility index (Phi) is 3.38. The number of amides is 1. The maximum absolute atomic E-state index is 12.7. The van der Waals surface area contributed by atoms with Gasteiger partial charge >= 0.3 is 0 Å². The van der Waals surface area contributed by atoms with Gasteiger partial charge in [0.25, 0.3) is 5.91 Å². The molecule has 0 bridgehead atoms. The Morgan fingerprint density at radius 2 is 2.00 bits per heavy atom. The summed E-state index contributed by atoms with van der Waals surface area (Å²) in [5.74, 6) is -0.0119. The SMILES string of the molecule is O=C(c1cc(-c2cccnc2)n[nH]1)N1CCc2ccccc2C1. The van der Waals surface area contributed by atoms with Crippen molar-refractivity contribution in [3.05, 3.63) is 71.7 Å². The first-order valence-electron chi connectivity index (χ1n) is 7.63. The molecule has 0 saturated heterocycles. The van der Waals surface area contributed by atoms with E-state index in [4.69, 9.17) is 0 Å². The molecule has 3 heterocycles. The third-order valence-corrected chi connectivity index (χ3v) is 4.18. The molecule has 1 aliphatic rings. The molecule has 0 spiro atoms. The highest BCUT2D eigenvalue weighted by atomic mass is 16.2. The van der Waals surface area contributed by atoms with Crippen molar-refractivity contribution in [3.63, 3.8) is 0 Å². The number of carbonyl (C=O) groups excluding carboxylic acids is 1. The number of H-pyrrole nitrogens is 1. The molecule has 2 aromatic heterocycles. The van der Waals surface area contributed by atoms with Crippen LogP contribution in [0.1, 0.15) is 21.6 Å². The van der Waals surface area contributed by atoms with Crippen molar-refractivity contribution in [1.82, 2.24) is 20.1 Å². The molecular weight excluding hydrogens is 288 g/mol. The Labute approximate surface area is 134 Å². The Hall–Kier alpha value is -2.95. The molecule has 0 fully saturated rings. The minimum absolute atomic E-state index is 0.0119. The second-order valence-corrected chi connectivity index (χ2v) is 5.65. The fraction of sp³-hybridized carbons (Fsp3) is 0.167. The summed E-state index contributed by atoms with van der Waals surface area (Å²) in [5.41, 5.74) is 4.70. The van der Waals surface area contributed by atoms with Crippen molar-refractivity contribution in [2.24, 2.45) is 0 Å². The quantitative estimate of drug-likeness (QED) is 0.792. The Bertz CT molecular complexity index is 841. The number of nitrogens with one attached hydrogen (secondary N) is 1. The number of carbonyl (C=O) groups is 1. The van der Waals surface area contributed by atoms with Crippen LogP contribution in [0.5, 0.6) is 0 Å². The molecule has 1 aliphatic heterocycles. The van der Waals surface area contributed by atoms with Crippen molar-refractivity contribution in [3.8, 4) is 11.3 Å². The van der Waals surface area contributed by atoms with Crippen molar-refractivity contribution in [1.29, 1.82) is 0 Å². The molecule has 23 heavy (non-hydrogen) atoms. The summed E-state index contributed by atoms with van der Waals surface area (Å²) < 4.78 is 0. The highest BCUT2D eigenvalue weighted by Crippen LogP contribution is 2.21. The minimum Gasteiger partial charge on any atom is -0.333 e. The van der Waals surface area contributed by atoms with Crippen LogP contribution in [0.4, 0.5) is 0 Å². The van der Waals surface area contributed by atoms with Crippen LogP contribution in [0.25, 0.3) is 11.3 Å². The first kappa shape index (κ1) is 13.7. The van der Waals surface area contributed by atoms with Crippen molar-refractivity contribution in [2.75, 3.05) is 6.54 Å². The zero-order chi connectivity index (χ0) is 15.6. The summed E-state index contributed by atoms with van der Waals surface area (Å²) >= 11 is 0. The fourth-order valence-corrected chi connectivity index (χ4v) is 2.93. The van der Waals surface area contributed by atoms with E-state index in [9.17, 15) is 4.79 Å². The second kappa shape index (κ2) is 5.68. The largest absolute Gasteiger partial charge is 0.333 e. The van der Waals surface area contributed by atoms with Crippen LogP contribution in [0.3, 0.4) is 0 Å². The number of aromatic amines is 1. The number of nitrogens with zero attached hydrogens (tertiary/aromatic N) is 3. The maximum Gasteiger partial charge on any atom is 0.272 e. The van der Waals surface area contributed by atoms with E-state index in [-0.39, 0.29) is 5.91 Å². The van der Waals surface area contributed by atoms with E-state index in [1.807, 2.05) is 29.2 Å². The number of hydrogen-bond acceptors (Lipinski definition) is 3. The zero-order valence-electron chi connectivity index (χ0n) is 12.6.